The van der Waals surface area contributed by atoms with Gasteiger partial charge in [0.25, 0.3) is 0 Å². The molecule has 0 bridgehead atoms. The zero-order valence-corrected chi connectivity index (χ0v) is 11.4. The van der Waals surface area contributed by atoms with Crippen LogP contribution in [0.1, 0.15) is 51.4 Å². The molecule has 0 spiro atoms. The lowest BCUT2D eigenvalue weighted by Gasteiger charge is -2.34. The van der Waals surface area contributed by atoms with Crippen LogP contribution in [0.5, 0.6) is 0 Å². The summed E-state index contributed by atoms with van der Waals surface area (Å²) in [4.78, 5) is 16.9. The highest BCUT2D eigenvalue weighted by Gasteiger charge is 2.30. The Labute approximate surface area is 111 Å². The Bertz CT molecular complexity index is 295. The summed E-state index contributed by atoms with van der Waals surface area (Å²) in [5.41, 5.74) is 0. The van der Waals surface area contributed by atoms with Crippen LogP contribution in [-0.2, 0) is 4.79 Å². The molecular formula is C15H26N2O. The van der Waals surface area contributed by atoms with E-state index >= 15 is 0 Å². The number of piperidine rings is 1. The van der Waals surface area contributed by atoms with Crippen molar-refractivity contribution in [3.63, 3.8) is 0 Å². The molecule has 0 N–H and O–H groups in total. The van der Waals surface area contributed by atoms with Crippen LogP contribution in [0, 0.1) is 5.92 Å². The van der Waals surface area contributed by atoms with Gasteiger partial charge in [0, 0.05) is 25.6 Å². The number of carbonyl (C=O) groups excluding carboxylic acids is 1. The molecule has 1 unspecified atom stereocenters. The molecule has 0 aromatic carbocycles. The van der Waals surface area contributed by atoms with Crippen molar-refractivity contribution in [3.05, 3.63) is 0 Å². The van der Waals surface area contributed by atoms with Crippen molar-refractivity contribution >= 4 is 5.91 Å². The molecule has 3 aliphatic rings. The molecule has 102 valence electrons. The van der Waals surface area contributed by atoms with E-state index < -0.39 is 0 Å². The second-order valence-electron chi connectivity index (χ2n) is 6.36. The monoisotopic (exact) mass is 250 g/mol. The predicted molar refractivity (Wildman–Crippen MR) is 72.4 cm³/mol. The maximum Gasteiger partial charge on any atom is 0.222 e. The topological polar surface area (TPSA) is 23.6 Å². The van der Waals surface area contributed by atoms with E-state index in [0.717, 1.165) is 31.8 Å². The summed E-state index contributed by atoms with van der Waals surface area (Å²) < 4.78 is 0. The number of carbonyl (C=O) groups is 1. The van der Waals surface area contributed by atoms with Crippen LogP contribution < -0.4 is 0 Å². The third-order valence-electron chi connectivity index (χ3n) is 4.86. The SMILES string of the molecule is O=C1CCC(N2CCCCC2)CCN1CC1CC1. The highest BCUT2D eigenvalue weighted by molar-refractivity contribution is 5.76. The van der Waals surface area contributed by atoms with Gasteiger partial charge >= 0.3 is 0 Å². The number of hydrogen-bond donors (Lipinski definition) is 0. The smallest absolute Gasteiger partial charge is 0.222 e. The van der Waals surface area contributed by atoms with Crippen LogP contribution >= 0.6 is 0 Å². The van der Waals surface area contributed by atoms with E-state index in [-0.39, 0.29) is 0 Å². The molecule has 3 rings (SSSR count). The third kappa shape index (κ3) is 3.05. The summed E-state index contributed by atoms with van der Waals surface area (Å²) in [5, 5.41) is 0. The first-order chi connectivity index (χ1) is 8.83. The normalized spacial score (nSPS) is 31.4. The van der Waals surface area contributed by atoms with E-state index in [2.05, 4.69) is 9.80 Å². The van der Waals surface area contributed by atoms with E-state index in [1.807, 2.05) is 0 Å². The van der Waals surface area contributed by atoms with Gasteiger partial charge in [-0.05, 0) is 57.5 Å². The van der Waals surface area contributed by atoms with Crippen LogP contribution in [-0.4, -0.2) is 47.9 Å². The molecule has 2 saturated heterocycles. The molecule has 0 aromatic rings. The van der Waals surface area contributed by atoms with Crippen molar-refractivity contribution in [1.82, 2.24) is 9.80 Å². The Morgan fingerprint density at radius 1 is 0.944 bits per heavy atom. The van der Waals surface area contributed by atoms with E-state index in [1.54, 1.807) is 0 Å². The van der Waals surface area contributed by atoms with E-state index in [4.69, 9.17) is 0 Å². The van der Waals surface area contributed by atoms with Crippen LogP contribution in [0.25, 0.3) is 0 Å². The summed E-state index contributed by atoms with van der Waals surface area (Å²) in [6, 6.07) is 0.679. The quantitative estimate of drug-likeness (QED) is 0.767. The number of nitrogens with zero attached hydrogens (tertiary/aromatic N) is 2. The van der Waals surface area contributed by atoms with Gasteiger partial charge in [0.05, 0.1) is 0 Å². The van der Waals surface area contributed by atoms with Crippen molar-refractivity contribution in [2.75, 3.05) is 26.2 Å². The summed E-state index contributed by atoms with van der Waals surface area (Å²) >= 11 is 0. The van der Waals surface area contributed by atoms with Crippen molar-refractivity contribution in [3.8, 4) is 0 Å². The maximum atomic E-state index is 12.1. The minimum atomic E-state index is 0.418. The molecule has 2 heterocycles. The van der Waals surface area contributed by atoms with E-state index in [1.165, 1.54) is 51.6 Å². The molecular weight excluding hydrogens is 224 g/mol. The number of rotatable bonds is 3. The predicted octanol–water partition coefficient (Wildman–Crippen LogP) is 2.26. The average Bonchev–Trinajstić information content (AvgIpc) is 3.22. The molecule has 3 fully saturated rings. The second-order valence-corrected chi connectivity index (χ2v) is 6.36. The molecule has 2 aliphatic heterocycles. The van der Waals surface area contributed by atoms with E-state index in [9.17, 15) is 4.79 Å². The molecule has 3 heteroatoms. The first-order valence-corrected chi connectivity index (χ1v) is 7.85. The molecule has 1 amide bonds. The summed E-state index contributed by atoms with van der Waals surface area (Å²) in [5.74, 6) is 1.25. The van der Waals surface area contributed by atoms with Crippen molar-refractivity contribution in [2.24, 2.45) is 5.92 Å². The zero-order valence-electron chi connectivity index (χ0n) is 11.4. The minimum absolute atomic E-state index is 0.418. The Balaban J connectivity index is 1.54. The lowest BCUT2D eigenvalue weighted by molar-refractivity contribution is -0.130. The molecule has 0 aromatic heterocycles. The maximum absolute atomic E-state index is 12.1. The summed E-state index contributed by atoms with van der Waals surface area (Å²) in [7, 11) is 0. The molecule has 18 heavy (non-hydrogen) atoms. The second kappa shape index (κ2) is 5.60. The Hall–Kier alpha value is -0.570. The van der Waals surface area contributed by atoms with Gasteiger partial charge in [0.15, 0.2) is 0 Å². The number of hydrogen-bond acceptors (Lipinski definition) is 2. The lowest BCUT2D eigenvalue weighted by atomic mass is 10.0. The van der Waals surface area contributed by atoms with Gasteiger partial charge in [-0.1, -0.05) is 6.42 Å². The molecule has 3 nitrogen and oxygen atoms in total. The average molecular weight is 250 g/mol. The third-order valence-corrected chi connectivity index (χ3v) is 4.86. The van der Waals surface area contributed by atoms with Gasteiger partial charge in [0.2, 0.25) is 5.91 Å². The zero-order chi connectivity index (χ0) is 12.4. The standard InChI is InChI=1S/C15H26N2O/c18-15-7-6-14(16-9-2-1-3-10-16)8-11-17(15)12-13-4-5-13/h13-14H,1-12H2. The van der Waals surface area contributed by atoms with Crippen molar-refractivity contribution in [1.29, 1.82) is 0 Å². The largest absolute Gasteiger partial charge is 0.342 e. The fourth-order valence-corrected chi connectivity index (χ4v) is 3.48. The van der Waals surface area contributed by atoms with Crippen LogP contribution in [0.2, 0.25) is 0 Å². The van der Waals surface area contributed by atoms with Crippen molar-refractivity contribution < 1.29 is 4.79 Å². The summed E-state index contributed by atoms with van der Waals surface area (Å²) in [6.45, 7) is 4.59. The van der Waals surface area contributed by atoms with E-state index in [0.29, 0.717) is 11.9 Å². The molecule has 0 radical (unpaired) electrons. The number of likely N-dealkylation sites (tertiary alicyclic amines) is 2. The first-order valence-electron chi connectivity index (χ1n) is 7.85. The molecule has 1 atom stereocenters. The fraction of sp³-hybridized carbons (Fsp3) is 0.933. The van der Waals surface area contributed by atoms with Crippen LogP contribution in [0.3, 0.4) is 0 Å². The molecule has 1 aliphatic carbocycles. The Morgan fingerprint density at radius 2 is 1.72 bits per heavy atom. The lowest BCUT2D eigenvalue weighted by Crippen LogP contribution is -2.39. The van der Waals surface area contributed by atoms with Crippen molar-refractivity contribution in [2.45, 2.75) is 57.4 Å². The highest BCUT2D eigenvalue weighted by Crippen LogP contribution is 2.31. The van der Waals surface area contributed by atoms with Gasteiger partial charge in [-0.3, -0.25) is 4.79 Å². The molecule has 1 saturated carbocycles. The summed E-state index contributed by atoms with van der Waals surface area (Å²) in [6.07, 6.45) is 9.90. The minimum Gasteiger partial charge on any atom is -0.342 e. The van der Waals surface area contributed by atoms with Gasteiger partial charge in [0.1, 0.15) is 0 Å². The van der Waals surface area contributed by atoms with Crippen LogP contribution in [0.4, 0.5) is 0 Å². The van der Waals surface area contributed by atoms with Gasteiger partial charge in [-0.2, -0.15) is 0 Å². The fourth-order valence-electron chi connectivity index (χ4n) is 3.48. The Morgan fingerprint density at radius 3 is 2.44 bits per heavy atom. The Kier molecular flexibility index (Phi) is 3.88. The van der Waals surface area contributed by atoms with Gasteiger partial charge < -0.3 is 9.80 Å². The first kappa shape index (κ1) is 12.5. The highest BCUT2D eigenvalue weighted by atomic mass is 16.2. The number of amides is 1. The van der Waals surface area contributed by atoms with Gasteiger partial charge in [-0.15, -0.1) is 0 Å². The van der Waals surface area contributed by atoms with Gasteiger partial charge in [-0.25, -0.2) is 0 Å². The van der Waals surface area contributed by atoms with Crippen LogP contribution in [0.15, 0.2) is 0 Å².